The molecule has 0 saturated heterocycles. The van der Waals surface area contributed by atoms with Crippen LogP contribution in [0.3, 0.4) is 0 Å². The molecule has 0 fully saturated rings. The molecule has 1 radical (unpaired) electrons. The summed E-state index contributed by atoms with van der Waals surface area (Å²) in [7, 11) is 1.76. The Morgan fingerprint density at radius 1 is 1.83 bits per heavy atom. The van der Waals surface area contributed by atoms with Crippen LogP contribution in [-0.2, 0) is 25.9 Å². The summed E-state index contributed by atoms with van der Waals surface area (Å²) in [5, 5.41) is 0. The van der Waals surface area contributed by atoms with Crippen LogP contribution in [0.1, 0.15) is 0 Å². The molecule has 0 atom stereocenters. The van der Waals surface area contributed by atoms with Crippen LogP contribution in [0, 0.1) is 0 Å². The summed E-state index contributed by atoms with van der Waals surface area (Å²) in [6.07, 6.45) is 2.17. The Morgan fingerprint density at radius 3 is 2.33 bits per heavy atom. The average Bonchev–Trinajstić information content (AvgIpc) is 1.41. The fourth-order valence-corrected chi connectivity index (χ4v) is 0.0833. The van der Waals surface area contributed by atoms with Crippen LogP contribution in [0.15, 0.2) is 0 Å². The van der Waals surface area contributed by atoms with Gasteiger partial charge < -0.3 is 4.79 Å². The molecule has 33 valence electrons. The number of rotatable bonds is 2. The number of hydrogen-bond acceptors (Lipinski definition) is 1. The van der Waals surface area contributed by atoms with Crippen LogP contribution >= 0.6 is 0 Å². The average molecular weight is 252 g/mol. The summed E-state index contributed by atoms with van der Waals surface area (Å²) in [5.74, 6) is 0. The summed E-state index contributed by atoms with van der Waals surface area (Å²) in [6.45, 7) is 1.82. The quantitative estimate of drug-likeness (QED) is 0.509. The summed E-state index contributed by atoms with van der Waals surface area (Å²) in [6, 6.07) is 0. The Morgan fingerprint density at radius 2 is 2.33 bits per heavy atom. The zero-order chi connectivity index (χ0) is 4.12. The van der Waals surface area contributed by atoms with Gasteiger partial charge in [-0.15, -0.1) is 0 Å². The first-order chi connectivity index (χ1) is 2.41. The van der Waals surface area contributed by atoms with Gasteiger partial charge in [-0.3, -0.25) is 6.29 Å². The van der Waals surface area contributed by atoms with Crippen molar-refractivity contribution in [1.29, 1.82) is 0 Å². The Kier molecular flexibility index (Phi) is 14.6. The van der Waals surface area contributed by atoms with Crippen molar-refractivity contribution in [3.63, 3.8) is 0 Å². The standard InChI is InChI=1S/C3H5BO.W/c1-4-2-3-5;/h2H2,1H3;/q-1;. The van der Waals surface area contributed by atoms with Crippen molar-refractivity contribution < 1.29 is 25.9 Å². The molecule has 0 aromatic carbocycles. The van der Waals surface area contributed by atoms with E-state index in [9.17, 15) is 4.79 Å². The molecule has 0 aromatic heterocycles. The molecule has 0 saturated carbocycles. The van der Waals surface area contributed by atoms with Gasteiger partial charge in [-0.05, 0) is 0 Å². The zero-order valence-corrected chi connectivity index (χ0v) is 6.53. The predicted molar refractivity (Wildman–Crippen MR) is 22.1 cm³/mol. The second-order valence-electron chi connectivity index (χ2n) is 0.757. The molecule has 0 heterocycles. The van der Waals surface area contributed by atoms with E-state index in [-0.39, 0.29) is 21.1 Å². The molecule has 0 aromatic rings. The smallest absolute Gasteiger partial charge is 0.0762 e. The normalized spacial score (nSPS) is 5.50. The zero-order valence-electron chi connectivity index (χ0n) is 3.60. The van der Waals surface area contributed by atoms with Crippen molar-refractivity contribution in [3.8, 4) is 0 Å². The minimum absolute atomic E-state index is 0. The van der Waals surface area contributed by atoms with Crippen molar-refractivity contribution in [2.45, 2.75) is 13.1 Å². The summed E-state index contributed by atoms with van der Waals surface area (Å²) in [5.41, 5.74) is 0. The van der Waals surface area contributed by atoms with E-state index < -0.39 is 0 Å². The van der Waals surface area contributed by atoms with Gasteiger partial charge in [0.2, 0.25) is 0 Å². The molecule has 0 aliphatic rings. The molecule has 3 heteroatoms. The van der Waals surface area contributed by atoms with Crippen molar-refractivity contribution >= 4 is 13.6 Å². The third kappa shape index (κ3) is 8.83. The molecule has 6 heavy (non-hydrogen) atoms. The van der Waals surface area contributed by atoms with Gasteiger partial charge in [0.1, 0.15) is 0 Å². The Balaban J connectivity index is 0. The van der Waals surface area contributed by atoms with E-state index in [0.717, 1.165) is 0 Å². The topological polar surface area (TPSA) is 17.1 Å². The minimum atomic E-state index is 0. The van der Waals surface area contributed by atoms with Gasteiger partial charge in [-0.25, -0.2) is 0 Å². The van der Waals surface area contributed by atoms with E-state index in [1.807, 2.05) is 6.82 Å². The van der Waals surface area contributed by atoms with Crippen molar-refractivity contribution in [2.75, 3.05) is 0 Å². The Hall–Kier alpha value is 0.423. The van der Waals surface area contributed by atoms with Gasteiger partial charge in [0, 0.05) is 21.1 Å². The SMILES string of the molecule is C[B]C[C-]=O.[W]. The van der Waals surface area contributed by atoms with E-state index in [1.54, 1.807) is 13.6 Å². The molecule has 1 nitrogen and oxygen atoms in total. The van der Waals surface area contributed by atoms with Crippen molar-refractivity contribution in [1.82, 2.24) is 0 Å². The van der Waals surface area contributed by atoms with Gasteiger partial charge in [-0.1, -0.05) is 6.82 Å². The second kappa shape index (κ2) is 9.05. The number of hydrogen-bond donors (Lipinski definition) is 0. The van der Waals surface area contributed by atoms with Crippen LogP contribution in [0.5, 0.6) is 0 Å². The van der Waals surface area contributed by atoms with Crippen LogP contribution in [0.25, 0.3) is 0 Å². The number of carbonyl (C=O) groups excluding carboxylic acids is 1. The van der Waals surface area contributed by atoms with E-state index >= 15 is 0 Å². The molecule has 0 aliphatic heterocycles. The molecule has 0 unspecified atom stereocenters. The van der Waals surface area contributed by atoms with Crippen molar-refractivity contribution in [2.24, 2.45) is 0 Å². The maximum atomic E-state index is 9.25. The molecule has 0 N–H and O–H groups in total. The monoisotopic (exact) mass is 252 g/mol. The molecule has 0 rings (SSSR count). The van der Waals surface area contributed by atoms with Crippen LogP contribution in [-0.4, -0.2) is 13.6 Å². The second-order valence-corrected chi connectivity index (χ2v) is 0.757. The first-order valence-corrected chi connectivity index (χ1v) is 1.54. The van der Waals surface area contributed by atoms with Crippen molar-refractivity contribution in [3.05, 3.63) is 0 Å². The summed E-state index contributed by atoms with van der Waals surface area (Å²) >= 11 is 0. The molecule has 0 aliphatic carbocycles. The summed E-state index contributed by atoms with van der Waals surface area (Å²) in [4.78, 5) is 9.25. The van der Waals surface area contributed by atoms with Gasteiger partial charge >= 0.3 is 0 Å². The van der Waals surface area contributed by atoms with Gasteiger partial charge in [0.05, 0.1) is 7.28 Å². The van der Waals surface area contributed by atoms with E-state index in [0.29, 0.717) is 6.32 Å². The van der Waals surface area contributed by atoms with E-state index in [2.05, 4.69) is 0 Å². The molecule has 0 amide bonds. The molecule has 0 bridgehead atoms. The maximum absolute atomic E-state index is 9.25. The molecular weight excluding hydrogens is 247 g/mol. The van der Waals surface area contributed by atoms with E-state index in [1.165, 1.54) is 0 Å². The maximum Gasteiger partial charge on any atom is 0.0762 e. The van der Waals surface area contributed by atoms with Crippen LogP contribution in [0.2, 0.25) is 13.1 Å². The first kappa shape index (κ1) is 9.66. The predicted octanol–water partition coefficient (Wildman–Crippen LogP) is 0.264. The summed E-state index contributed by atoms with van der Waals surface area (Å²) < 4.78 is 0. The fourth-order valence-electron chi connectivity index (χ4n) is 0.0833. The van der Waals surface area contributed by atoms with Crippen LogP contribution < -0.4 is 0 Å². The van der Waals surface area contributed by atoms with Crippen LogP contribution in [0.4, 0.5) is 0 Å². The van der Waals surface area contributed by atoms with Gasteiger partial charge in [0.15, 0.2) is 0 Å². The third-order valence-electron chi connectivity index (χ3n) is 0.287. The fraction of sp³-hybridized carbons (Fsp3) is 0.667. The Labute approximate surface area is 53.0 Å². The van der Waals surface area contributed by atoms with E-state index in [4.69, 9.17) is 0 Å². The largest absolute Gasteiger partial charge is 0.542 e. The third-order valence-corrected chi connectivity index (χ3v) is 0.287. The Bertz CT molecular complexity index is 32.0. The van der Waals surface area contributed by atoms with Gasteiger partial charge in [0.25, 0.3) is 0 Å². The van der Waals surface area contributed by atoms with Gasteiger partial charge in [-0.2, -0.15) is 6.32 Å². The first-order valence-electron chi connectivity index (χ1n) is 1.54. The minimum Gasteiger partial charge on any atom is -0.542 e. The molecular formula is C3H5BOW-. The molecule has 0 spiro atoms.